The second-order valence-corrected chi connectivity index (χ2v) is 10.0. The maximum atomic E-state index is 5.84. The fourth-order valence-electron chi connectivity index (χ4n) is 4.96. The molecule has 29 heavy (non-hydrogen) atoms. The van der Waals surface area contributed by atoms with Gasteiger partial charge in [0.05, 0.1) is 33.6 Å². The number of likely N-dealkylation sites (tertiary alicyclic amines) is 1. The van der Waals surface area contributed by atoms with Gasteiger partial charge in [0.1, 0.15) is 4.83 Å². The van der Waals surface area contributed by atoms with Gasteiger partial charge < -0.3 is 10.1 Å². The summed E-state index contributed by atoms with van der Waals surface area (Å²) in [5.74, 6) is 0.522. The molecule has 0 saturated carbocycles. The lowest BCUT2D eigenvalue weighted by Crippen LogP contribution is -2.45. The molecule has 1 aromatic carbocycles. The normalized spacial score (nSPS) is 24.9. The topological polar surface area (TPSA) is 50.3 Å². The van der Waals surface area contributed by atoms with E-state index in [9.17, 15) is 0 Å². The van der Waals surface area contributed by atoms with Gasteiger partial charge in [-0.3, -0.25) is 4.90 Å². The lowest BCUT2D eigenvalue weighted by Gasteiger charge is -2.35. The van der Waals surface area contributed by atoms with Gasteiger partial charge in [-0.15, -0.1) is 22.7 Å². The van der Waals surface area contributed by atoms with Gasteiger partial charge in [0.25, 0.3) is 0 Å². The van der Waals surface area contributed by atoms with Gasteiger partial charge in [-0.25, -0.2) is 9.97 Å². The summed E-state index contributed by atoms with van der Waals surface area (Å²) in [6.07, 6.45) is 4.21. The van der Waals surface area contributed by atoms with Crippen molar-refractivity contribution >= 4 is 54.5 Å². The molecule has 2 fully saturated rings. The highest BCUT2D eigenvalue weighted by atomic mass is 32.1. The molecule has 2 saturated heterocycles. The van der Waals surface area contributed by atoms with Crippen molar-refractivity contribution in [2.45, 2.75) is 24.3 Å². The van der Waals surface area contributed by atoms with Crippen LogP contribution in [-0.2, 0) is 4.74 Å². The average Bonchev–Trinajstić information content (AvgIpc) is 3.50. The smallest absolute Gasteiger partial charge is 0.125 e. The van der Waals surface area contributed by atoms with Crippen molar-refractivity contribution in [3.8, 4) is 0 Å². The molecule has 0 amide bonds. The predicted molar refractivity (Wildman–Crippen MR) is 121 cm³/mol. The quantitative estimate of drug-likeness (QED) is 0.490. The number of rotatable bonds is 3. The highest BCUT2D eigenvalue weighted by Gasteiger charge is 2.50. The lowest BCUT2D eigenvalue weighted by atomic mass is 9.83. The van der Waals surface area contributed by atoms with Crippen LogP contribution in [0.3, 0.4) is 0 Å². The standard InChI is InChI=1S/C22H22N4OS2/c1-26-8-5-16(22(26)6-9-27-12-22)20-11-15-17(4-7-23-21(15)29-20)25-14-2-3-19-18(10-14)24-13-28-19/h2-4,7,10-11,13,16H,5-6,8-9,12H2,1H3,(H,23,25)/t16-,22-/m0/s1. The first kappa shape index (κ1) is 17.8. The number of fused-ring (bicyclic) bond motifs is 2. The third-order valence-electron chi connectivity index (χ3n) is 6.60. The Labute approximate surface area is 177 Å². The molecule has 5 heterocycles. The minimum absolute atomic E-state index is 0.157. The number of anilines is 2. The van der Waals surface area contributed by atoms with E-state index in [1.165, 1.54) is 21.4 Å². The molecule has 148 valence electrons. The van der Waals surface area contributed by atoms with Gasteiger partial charge >= 0.3 is 0 Å². The molecule has 0 unspecified atom stereocenters. The molecule has 5 nitrogen and oxygen atoms in total. The van der Waals surface area contributed by atoms with Crippen LogP contribution < -0.4 is 5.32 Å². The number of nitrogens with one attached hydrogen (secondary N) is 1. The van der Waals surface area contributed by atoms with Crippen molar-refractivity contribution < 1.29 is 4.74 Å². The van der Waals surface area contributed by atoms with Crippen LogP contribution in [0.15, 0.2) is 42.0 Å². The molecule has 7 heteroatoms. The Morgan fingerprint density at radius 1 is 1.24 bits per heavy atom. The monoisotopic (exact) mass is 422 g/mol. The van der Waals surface area contributed by atoms with Crippen LogP contribution in [0.1, 0.15) is 23.6 Å². The predicted octanol–water partition coefficient (Wildman–Crippen LogP) is 5.23. The fraction of sp³-hybridized carbons (Fsp3) is 0.364. The number of thiophene rings is 1. The van der Waals surface area contributed by atoms with Gasteiger partial charge in [0, 0.05) is 34.7 Å². The molecule has 2 aliphatic heterocycles. The summed E-state index contributed by atoms with van der Waals surface area (Å²) in [4.78, 5) is 14.2. The minimum atomic E-state index is 0.157. The van der Waals surface area contributed by atoms with E-state index in [0.717, 1.165) is 47.9 Å². The second-order valence-electron chi connectivity index (χ2n) is 8.05. The van der Waals surface area contributed by atoms with Crippen molar-refractivity contribution in [3.05, 3.63) is 46.9 Å². The molecular formula is C22H22N4OS2. The van der Waals surface area contributed by atoms with Crippen molar-refractivity contribution in [2.75, 3.05) is 32.1 Å². The Balaban J connectivity index is 1.38. The Morgan fingerprint density at radius 3 is 3.10 bits per heavy atom. The SMILES string of the molecule is CN1CC[C@@H](c2cc3c(Nc4ccc5scnc5c4)ccnc3s2)[C@@]12CCOC2. The summed E-state index contributed by atoms with van der Waals surface area (Å²) in [7, 11) is 2.25. The molecule has 4 aromatic rings. The van der Waals surface area contributed by atoms with Crippen molar-refractivity contribution in [1.82, 2.24) is 14.9 Å². The maximum Gasteiger partial charge on any atom is 0.125 e. The van der Waals surface area contributed by atoms with E-state index in [1.807, 2.05) is 23.0 Å². The third kappa shape index (κ3) is 2.79. The molecule has 6 rings (SSSR count). The zero-order valence-electron chi connectivity index (χ0n) is 16.2. The first-order valence-electron chi connectivity index (χ1n) is 10.0. The number of pyridine rings is 1. The Morgan fingerprint density at radius 2 is 2.21 bits per heavy atom. The summed E-state index contributed by atoms with van der Waals surface area (Å²) in [5.41, 5.74) is 5.25. The molecule has 1 N–H and O–H groups in total. The number of ether oxygens (including phenoxy) is 1. The van der Waals surface area contributed by atoms with Crippen LogP contribution in [0, 0.1) is 0 Å². The van der Waals surface area contributed by atoms with Crippen LogP contribution >= 0.6 is 22.7 Å². The number of benzene rings is 1. The summed E-state index contributed by atoms with van der Waals surface area (Å²) < 4.78 is 7.05. The van der Waals surface area contributed by atoms with Crippen molar-refractivity contribution in [1.29, 1.82) is 0 Å². The van der Waals surface area contributed by atoms with Gasteiger partial charge in [-0.1, -0.05) is 0 Å². The molecule has 0 aliphatic carbocycles. The Kier molecular flexibility index (Phi) is 4.13. The number of likely N-dealkylation sites (N-methyl/N-ethyl adjacent to an activating group) is 1. The van der Waals surface area contributed by atoms with Crippen LogP contribution in [0.4, 0.5) is 11.4 Å². The van der Waals surface area contributed by atoms with E-state index in [4.69, 9.17) is 4.74 Å². The third-order valence-corrected chi connectivity index (χ3v) is 8.57. The first-order chi connectivity index (χ1) is 14.2. The second kappa shape index (κ2) is 6.74. The molecule has 0 radical (unpaired) electrons. The summed E-state index contributed by atoms with van der Waals surface area (Å²) >= 11 is 3.51. The van der Waals surface area contributed by atoms with Crippen LogP contribution in [0.25, 0.3) is 20.4 Å². The number of nitrogens with zero attached hydrogens (tertiary/aromatic N) is 3. The lowest BCUT2D eigenvalue weighted by molar-refractivity contribution is 0.111. The van der Waals surface area contributed by atoms with Crippen molar-refractivity contribution in [3.63, 3.8) is 0 Å². The van der Waals surface area contributed by atoms with Gasteiger partial charge in [-0.2, -0.15) is 0 Å². The molecule has 2 aliphatic rings. The van der Waals surface area contributed by atoms with E-state index in [-0.39, 0.29) is 5.54 Å². The fourth-order valence-corrected chi connectivity index (χ4v) is 6.89. The zero-order valence-corrected chi connectivity index (χ0v) is 17.9. The van der Waals surface area contributed by atoms with E-state index in [2.05, 4.69) is 57.6 Å². The zero-order chi connectivity index (χ0) is 19.4. The van der Waals surface area contributed by atoms with Crippen LogP contribution in [-0.4, -0.2) is 47.2 Å². The van der Waals surface area contributed by atoms with E-state index >= 15 is 0 Å². The highest BCUT2D eigenvalue weighted by molar-refractivity contribution is 7.18. The maximum absolute atomic E-state index is 5.84. The molecule has 2 atom stereocenters. The number of hydrogen-bond acceptors (Lipinski definition) is 7. The summed E-state index contributed by atoms with van der Waals surface area (Å²) in [6.45, 7) is 2.85. The van der Waals surface area contributed by atoms with Gasteiger partial charge in [0.2, 0.25) is 0 Å². The minimum Gasteiger partial charge on any atom is -0.379 e. The van der Waals surface area contributed by atoms with E-state index in [1.54, 1.807) is 11.3 Å². The van der Waals surface area contributed by atoms with E-state index in [0.29, 0.717) is 5.92 Å². The van der Waals surface area contributed by atoms with Crippen LogP contribution in [0.5, 0.6) is 0 Å². The van der Waals surface area contributed by atoms with Crippen molar-refractivity contribution in [2.24, 2.45) is 0 Å². The Hall–Kier alpha value is -2.06. The Bertz CT molecular complexity index is 1190. The summed E-state index contributed by atoms with van der Waals surface area (Å²) in [5, 5.41) is 4.80. The molecule has 3 aromatic heterocycles. The van der Waals surface area contributed by atoms with Gasteiger partial charge in [0.15, 0.2) is 0 Å². The van der Waals surface area contributed by atoms with Crippen LogP contribution in [0.2, 0.25) is 0 Å². The van der Waals surface area contributed by atoms with Gasteiger partial charge in [-0.05, 0) is 56.8 Å². The largest absolute Gasteiger partial charge is 0.379 e. The number of hydrogen-bond donors (Lipinski definition) is 1. The van der Waals surface area contributed by atoms with E-state index < -0.39 is 0 Å². The molecule has 1 spiro atoms. The number of aromatic nitrogens is 2. The summed E-state index contributed by atoms with van der Waals surface area (Å²) in [6, 6.07) is 10.8. The molecular weight excluding hydrogens is 400 g/mol. The average molecular weight is 423 g/mol. The molecule has 0 bridgehead atoms. The first-order valence-corrected chi connectivity index (χ1v) is 11.7. The highest BCUT2D eigenvalue weighted by Crippen LogP contribution is 2.49. The number of thiazole rings is 1.